The average molecular weight is 393 g/mol. The molecule has 0 saturated heterocycles. The second kappa shape index (κ2) is 7.90. The Morgan fingerprint density at radius 3 is 2.62 bits per heavy atom. The SMILES string of the molecule is CCOC(=O)[C@@]12CCCC[C@H]1N(Cc1ccc(OC)cc1)C(=O)c1ccccc12. The summed E-state index contributed by atoms with van der Waals surface area (Å²) in [6, 6.07) is 15.1. The van der Waals surface area contributed by atoms with Crippen LogP contribution < -0.4 is 4.74 Å². The molecule has 152 valence electrons. The van der Waals surface area contributed by atoms with Gasteiger partial charge in [-0.2, -0.15) is 0 Å². The fourth-order valence-electron chi connectivity index (χ4n) is 4.96. The van der Waals surface area contributed by atoms with Crippen molar-refractivity contribution in [2.45, 2.75) is 50.6 Å². The predicted octanol–water partition coefficient (Wildman–Crippen LogP) is 4.09. The summed E-state index contributed by atoms with van der Waals surface area (Å²) in [5.74, 6) is 0.565. The lowest BCUT2D eigenvalue weighted by Crippen LogP contribution is -2.62. The van der Waals surface area contributed by atoms with Crippen LogP contribution in [-0.4, -0.2) is 36.5 Å². The number of fused-ring (bicyclic) bond motifs is 3. The van der Waals surface area contributed by atoms with E-state index in [-0.39, 0.29) is 17.9 Å². The molecule has 5 heteroatoms. The number of carbonyl (C=O) groups excluding carboxylic acids is 2. The molecule has 1 fully saturated rings. The van der Waals surface area contributed by atoms with Crippen molar-refractivity contribution in [1.29, 1.82) is 0 Å². The Kier molecular flexibility index (Phi) is 5.31. The number of methoxy groups -OCH3 is 1. The molecule has 0 bridgehead atoms. The molecule has 0 radical (unpaired) electrons. The van der Waals surface area contributed by atoms with Gasteiger partial charge in [-0.05, 0) is 49.1 Å². The van der Waals surface area contributed by atoms with Gasteiger partial charge in [0.25, 0.3) is 5.91 Å². The van der Waals surface area contributed by atoms with Crippen LogP contribution in [0.4, 0.5) is 0 Å². The van der Waals surface area contributed by atoms with E-state index in [9.17, 15) is 9.59 Å². The fraction of sp³-hybridized carbons (Fsp3) is 0.417. The summed E-state index contributed by atoms with van der Waals surface area (Å²) in [7, 11) is 1.63. The molecule has 1 heterocycles. The molecule has 0 N–H and O–H groups in total. The highest BCUT2D eigenvalue weighted by Crippen LogP contribution is 2.48. The molecule has 2 aromatic rings. The van der Waals surface area contributed by atoms with Gasteiger partial charge in [0.1, 0.15) is 11.2 Å². The van der Waals surface area contributed by atoms with Crippen LogP contribution in [0.1, 0.15) is 54.1 Å². The number of hydrogen-bond donors (Lipinski definition) is 0. The topological polar surface area (TPSA) is 55.8 Å². The first-order valence-electron chi connectivity index (χ1n) is 10.3. The van der Waals surface area contributed by atoms with Crippen LogP contribution in [0.15, 0.2) is 48.5 Å². The van der Waals surface area contributed by atoms with Gasteiger partial charge < -0.3 is 14.4 Å². The first-order chi connectivity index (χ1) is 14.1. The second-order valence-corrected chi connectivity index (χ2v) is 7.78. The number of hydrogen-bond acceptors (Lipinski definition) is 4. The minimum Gasteiger partial charge on any atom is -0.497 e. The van der Waals surface area contributed by atoms with Crippen molar-refractivity contribution in [2.75, 3.05) is 13.7 Å². The lowest BCUT2D eigenvalue weighted by molar-refractivity contribution is -0.155. The number of carbonyl (C=O) groups is 2. The summed E-state index contributed by atoms with van der Waals surface area (Å²) in [4.78, 5) is 28.7. The minimum absolute atomic E-state index is 0.0109. The molecule has 5 nitrogen and oxygen atoms in total. The van der Waals surface area contributed by atoms with Gasteiger partial charge in [-0.3, -0.25) is 9.59 Å². The van der Waals surface area contributed by atoms with Crippen molar-refractivity contribution in [3.05, 3.63) is 65.2 Å². The predicted molar refractivity (Wildman–Crippen MR) is 110 cm³/mol. The molecule has 1 amide bonds. The van der Waals surface area contributed by atoms with Crippen LogP contribution in [0.2, 0.25) is 0 Å². The van der Waals surface area contributed by atoms with Gasteiger partial charge in [0.2, 0.25) is 0 Å². The van der Waals surface area contributed by atoms with E-state index in [1.807, 2.05) is 60.4 Å². The summed E-state index contributed by atoms with van der Waals surface area (Å²) < 4.78 is 10.8. The zero-order valence-corrected chi connectivity index (χ0v) is 17.0. The molecule has 1 saturated carbocycles. The van der Waals surface area contributed by atoms with Crippen LogP contribution in [0.5, 0.6) is 5.75 Å². The standard InChI is InChI=1S/C24H27NO4/c1-3-29-23(27)24-15-7-6-10-21(24)25(16-17-11-13-18(28-2)14-12-17)22(26)19-8-4-5-9-20(19)24/h4-5,8-9,11-14,21H,3,6-7,10,15-16H2,1-2H3/t21-,24-/m1/s1. The highest BCUT2D eigenvalue weighted by Gasteiger charge is 2.57. The van der Waals surface area contributed by atoms with E-state index in [0.29, 0.717) is 25.1 Å². The van der Waals surface area contributed by atoms with E-state index in [0.717, 1.165) is 36.1 Å². The van der Waals surface area contributed by atoms with Crippen LogP contribution in [0.25, 0.3) is 0 Å². The maximum absolute atomic E-state index is 13.5. The highest BCUT2D eigenvalue weighted by atomic mass is 16.5. The number of ether oxygens (including phenoxy) is 2. The number of amides is 1. The Hall–Kier alpha value is -2.82. The van der Waals surface area contributed by atoms with Crippen LogP contribution >= 0.6 is 0 Å². The van der Waals surface area contributed by atoms with E-state index in [2.05, 4.69) is 0 Å². The molecule has 2 aliphatic rings. The van der Waals surface area contributed by atoms with Crippen molar-refractivity contribution in [2.24, 2.45) is 0 Å². The summed E-state index contributed by atoms with van der Waals surface area (Å²) in [5, 5.41) is 0. The third-order valence-corrected chi connectivity index (χ3v) is 6.29. The van der Waals surface area contributed by atoms with E-state index < -0.39 is 5.41 Å². The summed E-state index contributed by atoms with van der Waals surface area (Å²) in [6.45, 7) is 2.63. The summed E-state index contributed by atoms with van der Waals surface area (Å²) >= 11 is 0. The molecular formula is C24H27NO4. The molecule has 29 heavy (non-hydrogen) atoms. The normalized spacial score (nSPS) is 23.2. The first-order valence-corrected chi connectivity index (χ1v) is 10.3. The van der Waals surface area contributed by atoms with E-state index >= 15 is 0 Å². The molecule has 0 unspecified atom stereocenters. The lowest BCUT2D eigenvalue weighted by atomic mass is 9.62. The Balaban J connectivity index is 1.80. The van der Waals surface area contributed by atoms with Crippen LogP contribution in [0, 0.1) is 0 Å². The maximum Gasteiger partial charge on any atom is 0.318 e. The van der Waals surface area contributed by atoms with E-state index in [4.69, 9.17) is 9.47 Å². The molecule has 1 aliphatic heterocycles. The van der Waals surface area contributed by atoms with Gasteiger partial charge in [0.05, 0.1) is 19.8 Å². The maximum atomic E-state index is 13.5. The van der Waals surface area contributed by atoms with E-state index in [1.54, 1.807) is 7.11 Å². The van der Waals surface area contributed by atoms with Gasteiger partial charge in [-0.1, -0.05) is 43.2 Å². The van der Waals surface area contributed by atoms with Crippen molar-refractivity contribution < 1.29 is 19.1 Å². The average Bonchev–Trinajstić information content (AvgIpc) is 2.77. The van der Waals surface area contributed by atoms with Crippen molar-refractivity contribution >= 4 is 11.9 Å². The number of rotatable bonds is 5. The van der Waals surface area contributed by atoms with Crippen molar-refractivity contribution in [3.8, 4) is 5.75 Å². The third kappa shape index (κ3) is 3.18. The van der Waals surface area contributed by atoms with E-state index in [1.165, 1.54) is 0 Å². The molecule has 4 rings (SSSR count). The third-order valence-electron chi connectivity index (χ3n) is 6.29. The smallest absolute Gasteiger partial charge is 0.318 e. The summed E-state index contributed by atoms with van der Waals surface area (Å²) in [5.41, 5.74) is 1.68. The van der Waals surface area contributed by atoms with Gasteiger partial charge in [0, 0.05) is 12.1 Å². The minimum atomic E-state index is -0.786. The number of nitrogens with zero attached hydrogens (tertiary/aromatic N) is 1. The molecule has 1 aliphatic carbocycles. The Morgan fingerprint density at radius 1 is 1.14 bits per heavy atom. The molecule has 2 atom stereocenters. The fourth-order valence-corrected chi connectivity index (χ4v) is 4.96. The largest absolute Gasteiger partial charge is 0.497 e. The van der Waals surface area contributed by atoms with Crippen molar-refractivity contribution in [3.63, 3.8) is 0 Å². The van der Waals surface area contributed by atoms with Crippen LogP contribution in [0.3, 0.4) is 0 Å². The lowest BCUT2D eigenvalue weighted by Gasteiger charge is -2.51. The quantitative estimate of drug-likeness (QED) is 0.718. The van der Waals surface area contributed by atoms with Gasteiger partial charge in [0.15, 0.2) is 0 Å². The molecule has 0 aromatic heterocycles. The first kappa shape index (κ1) is 19.5. The monoisotopic (exact) mass is 393 g/mol. The summed E-state index contributed by atoms with van der Waals surface area (Å²) in [6.07, 6.45) is 3.46. The van der Waals surface area contributed by atoms with Crippen LogP contribution in [-0.2, 0) is 21.5 Å². The highest BCUT2D eigenvalue weighted by molar-refractivity contribution is 6.02. The Labute approximate surface area is 171 Å². The Bertz CT molecular complexity index is 907. The molecule has 2 aromatic carbocycles. The zero-order chi connectivity index (χ0) is 20.4. The molecular weight excluding hydrogens is 366 g/mol. The van der Waals surface area contributed by atoms with Gasteiger partial charge in [-0.15, -0.1) is 0 Å². The second-order valence-electron chi connectivity index (χ2n) is 7.78. The zero-order valence-electron chi connectivity index (χ0n) is 17.0. The van der Waals surface area contributed by atoms with Crippen molar-refractivity contribution in [1.82, 2.24) is 4.90 Å². The Morgan fingerprint density at radius 2 is 1.90 bits per heavy atom. The number of esters is 1. The van der Waals surface area contributed by atoms with Gasteiger partial charge >= 0.3 is 5.97 Å². The van der Waals surface area contributed by atoms with Gasteiger partial charge in [-0.25, -0.2) is 0 Å². The number of benzene rings is 2. The molecule has 0 spiro atoms.